The van der Waals surface area contributed by atoms with Crippen LogP contribution in [0.25, 0.3) is 0 Å². The third-order valence-electron chi connectivity index (χ3n) is 4.15. The first-order valence-electron chi connectivity index (χ1n) is 7.54. The highest BCUT2D eigenvalue weighted by molar-refractivity contribution is 6.21. The minimum absolute atomic E-state index is 0.143. The zero-order chi connectivity index (χ0) is 15.9. The van der Waals surface area contributed by atoms with Crippen LogP contribution in [0.4, 0.5) is 0 Å². The Balaban J connectivity index is 2.06. The maximum atomic E-state index is 12.7. The molecule has 1 heterocycles. The van der Waals surface area contributed by atoms with E-state index in [1.807, 2.05) is 45.0 Å². The Morgan fingerprint density at radius 1 is 0.818 bits per heavy atom. The van der Waals surface area contributed by atoms with Gasteiger partial charge < -0.3 is 0 Å². The van der Waals surface area contributed by atoms with E-state index in [9.17, 15) is 9.59 Å². The maximum absolute atomic E-state index is 12.7. The van der Waals surface area contributed by atoms with Crippen molar-refractivity contribution in [2.75, 3.05) is 0 Å². The van der Waals surface area contributed by atoms with Crippen molar-refractivity contribution >= 4 is 11.8 Å². The molecule has 0 saturated carbocycles. The van der Waals surface area contributed by atoms with Gasteiger partial charge in [0.1, 0.15) is 0 Å². The molecule has 0 aliphatic carbocycles. The van der Waals surface area contributed by atoms with Crippen molar-refractivity contribution in [2.24, 2.45) is 5.92 Å². The zero-order valence-electron chi connectivity index (χ0n) is 13.0. The Kier molecular flexibility index (Phi) is 3.57. The molecular weight excluding hydrogens is 274 g/mol. The molecule has 112 valence electrons. The van der Waals surface area contributed by atoms with E-state index in [-0.39, 0.29) is 23.8 Å². The molecule has 3 nitrogen and oxygen atoms in total. The molecule has 1 unspecified atom stereocenters. The van der Waals surface area contributed by atoms with Gasteiger partial charge in [-0.3, -0.25) is 14.5 Å². The van der Waals surface area contributed by atoms with Gasteiger partial charge in [0.05, 0.1) is 17.2 Å². The highest BCUT2D eigenvalue weighted by atomic mass is 16.2. The number of hydrogen-bond donors (Lipinski definition) is 0. The number of hydrogen-bond acceptors (Lipinski definition) is 2. The molecule has 0 aromatic heterocycles. The Hall–Kier alpha value is -2.42. The number of benzene rings is 2. The Labute approximate surface area is 130 Å². The molecule has 2 aromatic rings. The van der Waals surface area contributed by atoms with E-state index in [0.717, 1.165) is 11.1 Å². The Morgan fingerprint density at radius 2 is 1.32 bits per heavy atom. The molecule has 2 aromatic carbocycles. The predicted octanol–water partition coefficient (Wildman–Crippen LogP) is 3.99. The number of carbonyl (C=O) groups excluding carboxylic acids is 2. The maximum Gasteiger partial charge on any atom is 0.262 e. The normalized spacial score (nSPS) is 15.4. The summed E-state index contributed by atoms with van der Waals surface area (Å²) in [7, 11) is 0. The zero-order valence-corrected chi connectivity index (χ0v) is 13.0. The van der Waals surface area contributed by atoms with Crippen molar-refractivity contribution in [2.45, 2.75) is 26.8 Å². The Bertz CT molecular complexity index is 696. The number of rotatable bonds is 3. The molecule has 0 spiro atoms. The van der Waals surface area contributed by atoms with Crippen molar-refractivity contribution in [3.05, 3.63) is 70.8 Å². The minimum Gasteiger partial charge on any atom is -0.269 e. The molecule has 22 heavy (non-hydrogen) atoms. The molecule has 0 bridgehead atoms. The van der Waals surface area contributed by atoms with Crippen LogP contribution in [0.3, 0.4) is 0 Å². The van der Waals surface area contributed by atoms with E-state index in [4.69, 9.17) is 0 Å². The molecule has 0 fully saturated rings. The first-order valence-corrected chi connectivity index (χ1v) is 7.54. The molecule has 3 rings (SSSR count). The van der Waals surface area contributed by atoms with Crippen LogP contribution in [-0.2, 0) is 0 Å². The fraction of sp³-hybridized carbons (Fsp3) is 0.263. The minimum atomic E-state index is -0.243. The van der Waals surface area contributed by atoms with E-state index in [0.29, 0.717) is 11.1 Å². The first-order chi connectivity index (χ1) is 10.5. The largest absolute Gasteiger partial charge is 0.269 e. The summed E-state index contributed by atoms with van der Waals surface area (Å²) < 4.78 is 0. The second-order valence-electron chi connectivity index (χ2n) is 6.13. The SMILES string of the molecule is Cc1ccc(C(C(C)C)N2C(=O)c3ccccc3C2=O)cc1. The third kappa shape index (κ3) is 2.23. The van der Waals surface area contributed by atoms with Gasteiger partial charge in [0.2, 0.25) is 0 Å². The lowest BCUT2D eigenvalue weighted by atomic mass is 9.94. The standard InChI is InChI=1S/C19H19NO2/c1-12(2)17(14-10-8-13(3)9-11-14)20-18(21)15-6-4-5-7-16(15)19(20)22/h4-12,17H,1-3H3. The number of imide groups is 1. The molecule has 0 N–H and O–H groups in total. The second-order valence-corrected chi connectivity index (χ2v) is 6.13. The van der Waals surface area contributed by atoms with Crippen LogP contribution in [0.2, 0.25) is 0 Å². The van der Waals surface area contributed by atoms with Crippen LogP contribution < -0.4 is 0 Å². The lowest BCUT2D eigenvalue weighted by Crippen LogP contribution is -2.36. The number of nitrogens with zero attached hydrogens (tertiary/aromatic N) is 1. The quantitative estimate of drug-likeness (QED) is 0.802. The van der Waals surface area contributed by atoms with Gasteiger partial charge in [-0.05, 0) is 30.5 Å². The van der Waals surface area contributed by atoms with Crippen LogP contribution in [0.5, 0.6) is 0 Å². The molecule has 1 aliphatic heterocycles. The summed E-state index contributed by atoms with van der Waals surface area (Å²) in [5.74, 6) is -0.246. The molecule has 1 aliphatic rings. The third-order valence-corrected chi connectivity index (χ3v) is 4.15. The van der Waals surface area contributed by atoms with Crippen molar-refractivity contribution < 1.29 is 9.59 Å². The number of carbonyl (C=O) groups is 2. The lowest BCUT2D eigenvalue weighted by molar-refractivity contribution is 0.0538. The van der Waals surface area contributed by atoms with E-state index in [1.54, 1.807) is 24.3 Å². The van der Waals surface area contributed by atoms with Gasteiger partial charge in [-0.1, -0.05) is 55.8 Å². The number of aryl methyl sites for hydroxylation is 1. The fourth-order valence-corrected chi connectivity index (χ4v) is 3.06. The smallest absolute Gasteiger partial charge is 0.262 e. The molecular formula is C19H19NO2. The van der Waals surface area contributed by atoms with Crippen LogP contribution in [0.15, 0.2) is 48.5 Å². The van der Waals surface area contributed by atoms with E-state index in [2.05, 4.69) is 0 Å². The van der Waals surface area contributed by atoms with Gasteiger partial charge >= 0.3 is 0 Å². The summed E-state index contributed by atoms with van der Waals surface area (Å²) in [6.45, 7) is 6.10. The first kappa shape index (κ1) is 14.5. The molecule has 0 radical (unpaired) electrons. The van der Waals surface area contributed by atoms with Crippen molar-refractivity contribution in [3.63, 3.8) is 0 Å². The average Bonchev–Trinajstić information content (AvgIpc) is 2.75. The molecule has 0 saturated heterocycles. The topological polar surface area (TPSA) is 37.4 Å². The van der Waals surface area contributed by atoms with Crippen LogP contribution in [-0.4, -0.2) is 16.7 Å². The number of amides is 2. The monoisotopic (exact) mass is 293 g/mol. The Morgan fingerprint density at radius 3 is 1.77 bits per heavy atom. The summed E-state index contributed by atoms with van der Waals surface area (Å²) >= 11 is 0. The summed E-state index contributed by atoms with van der Waals surface area (Å²) in [6, 6.07) is 14.8. The predicted molar refractivity (Wildman–Crippen MR) is 85.7 cm³/mol. The van der Waals surface area contributed by atoms with Crippen LogP contribution >= 0.6 is 0 Å². The van der Waals surface area contributed by atoms with E-state index in [1.165, 1.54) is 4.90 Å². The highest BCUT2D eigenvalue weighted by Gasteiger charge is 2.41. The molecule has 3 heteroatoms. The van der Waals surface area contributed by atoms with Gasteiger partial charge in [0.25, 0.3) is 11.8 Å². The van der Waals surface area contributed by atoms with Gasteiger partial charge in [-0.15, -0.1) is 0 Å². The van der Waals surface area contributed by atoms with E-state index >= 15 is 0 Å². The summed E-state index contributed by atoms with van der Waals surface area (Å²) in [4.78, 5) is 26.8. The lowest BCUT2D eigenvalue weighted by Gasteiger charge is -2.30. The van der Waals surface area contributed by atoms with Crippen molar-refractivity contribution in [1.82, 2.24) is 4.90 Å². The van der Waals surface area contributed by atoms with Gasteiger partial charge in [0.15, 0.2) is 0 Å². The summed E-state index contributed by atoms with van der Waals surface area (Å²) in [5, 5.41) is 0. The van der Waals surface area contributed by atoms with Gasteiger partial charge in [0, 0.05) is 0 Å². The summed E-state index contributed by atoms with van der Waals surface area (Å²) in [6.07, 6.45) is 0. The number of fused-ring (bicyclic) bond motifs is 1. The average molecular weight is 293 g/mol. The fourth-order valence-electron chi connectivity index (χ4n) is 3.06. The van der Waals surface area contributed by atoms with Gasteiger partial charge in [-0.2, -0.15) is 0 Å². The highest BCUT2D eigenvalue weighted by Crippen LogP contribution is 2.35. The van der Waals surface area contributed by atoms with Gasteiger partial charge in [-0.25, -0.2) is 0 Å². The molecule has 2 amide bonds. The van der Waals surface area contributed by atoms with E-state index < -0.39 is 0 Å². The van der Waals surface area contributed by atoms with Crippen molar-refractivity contribution in [1.29, 1.82) is 0 Å². The van der Waals surface area contributed by atoms with Crippen molar-refractivity contribution in [3.8, 4) is 0 Å². The van der Waals surface area contributed by atoms with Crippen LogP contribution in [0, 0.1) is 12.8 Å². The summed E-state index contributed by atoms with van der Waals surface area (Å²) in [5.41, 5.74) is 3.17. The second kappa shape index (κ2) is 5.41. The molecule has 1 atom stereocenters. The van der Waals surface area contributed by atoms with Crippen LogP contribution in [0.1, 0.15) is 51.7 Å².